The van der Waals surface area contributed by atoms with Gasteiger partial charge in [0.05, 0.1) is 17.8 Å². The number of aromatic nitrogens is 1. The van der Waals surface area contributed by atoms with E-state index in [0.29, 0.717) is 29.1 Å². The Morgan fingerprint density at radius 1 is 0.933 bits per heavy atom. The van der Waals surface area contributed by atoms with Crippen LogP contribution in [0.5, 0.6) is 0 Å². The molecule has 1 aliphatic heterocycles. The van der Waals surface area contributed by atoms with Crippen molar-refractivity contribution in [3.05, 3.63) is 101 Å². The van der Waals surface area contributed by atoms with Crippen LogP contribution in [-0.2, 0) is 0 Å². The molecule has 0 radical (unpaired) electrons. The second-order valence-corrected chi connectivity index (χ2v) is 7.63. The third kappa shape index (κ3) is 3.50. The van der Waals surface area contributed by atoms with Crippen molar-refractivity contribution < 1.29 is 9.59 Å². The van der Waals surface area contributed by atoms with Gasteiger partial charge in [-0.3, -0.25) is 14.6 Å². The maximum absolute atomic E-state index is 13.6. The molecule has 2 aliphatic rings. The number of nitrogens with zero attached hydrogens (tertiary/aromatic N) is 1. The number of carbonyl (C=O) groups excluding carboxylic acids is 2. The van der Waals surface area contributed by atoms with Crippen LogP contribution in [0.4, 0.5) is 0 Å². The van der Waals surface area contributed by atoms with Crippen LogP contribution in [0.15, 0.2) is 83.5 Å². The minimum atomic E-state index is -0.169. The van der Waals surface area contributed by atoms with Crippen LogP contribution in [0.3, 0.4) is 0 Å². The van der Waals surface area contributed by atoms with Crippen molar-refractivity contribution >= 4 is 23.0 Å². The van der Waals surface area contributed by atoms with Crippen molar-refractivity contribution in [1.29, 1.82) is 0 Å². The van der Waals surface area contributed by atoms with Crippen molar-refractivity contribution in [3.8, 4) is 0 Å². The van der Waals surface area contributed by atoms with E-state index in [2.05, 4.69) is 10.3 Å². The number of rotatable bonds is 6. The zero-order valence-electron chi connectivity index (χ0n) is 16.4. The Labute approximate surface area is 174 Å². The molecule has 0 atom stereocenters. The molecule has 1 amide bonds. The minimum Gasteiger partial charge on any atom is -0.356 e. The van der Waals surface area contributed by atoms with E-state index in [1.807, 2.05) is 60.7 Å². The molecule has 2 heterocycles. The van der Waals surface area contributed by atoms with E-state index in [4.69, 9.17) is 4.99 Å². The molecule has 1 fully saturated rings. The number of aliphatic imine (C=N–C) groups is 1. The summed E-state index contributed by atoms with van der Waals surface area (Å²) >= 11 is 0. The summed E-state index contributed by atoms with van der Waals surface area (Å²) in [5, 5.41) is 2.94. The van der Waals surface area contributed by atoms with E-state index in [1.54, 1.807) is 12.3 Å². The van der Waals surface area contributed by atoms with Crippen LogP contribution in [0.1, 0.15) is 44.8 Å². The number of carbonyl (C=O) groups is 2. The van der Waals surface area contributed by atoms with Crippen molar-refractivity contribution in [1.82, 2.24) is 10.3 Å². The lowest BCUT2D eigenvalue weighted by Crippen LogP contribution is -2.25. The number of benzene rings is 2. The topological polar surface area (TPSA) is 74.3 Å². The summed E-state index contributed by atoms with van der Waals surface area (Å²) in [4.78, 5) is 33.6. The van der Waals surface area contributed by atoms with E-state index in [9.17, 15) is 9.59 Å². The Bertz CT molecular complexity index is 1170. The zero-order chi connectivity index (χ0) is 20.5. The quantitative estimate of drug-likeness (QED) is 0.618. The monoisotopic (exact) mass is 395 g/mol. The summed E-state index contributed by atoms with van der Waals surface area (Å²) in [6.45, 7) is 0.453. The fraction of sp³-hybridized carbons (Fsp3) is 0.160. The summed E-state index contributed by atoms with van der Waals surface area (Å²) in [6, 6.07) is 21.5. The number of amides is 1. The predicted octanol–water partition coefficient (Wildman–Crippen LogP) is 4.05. The Morgan fingerprint density at radius 2 is 1.60 bits per heavy atom. The molecule has 0 unspecified atom stereocenters. The molecule has 1 saturated carbocycles. The fourth-order valence-electron chi connectivity index (χ4n) is 3.70. The molecule has 0 spiro atoms. The number of Topliss-reactive ketones (excluding diaryl/α,β-unsaturated/α-hetero) is 1. The molecule has 0 saturated heterocycles. The Balaban J connectivity index is 1.53. The van der Waals surface area contributed by atoms with Gasteiger partial charge in [-0.1, -0.05) is 60.7 Å². The molecular formula is C25H21N3O2. The molecule has 5 rings (SSSR count). The van der Waals surface area contributed by atoms with Gasteiger partial charge < -0.3 is 10.3 Å². The standard InChI is InChI=1S/C25H21N3O2/c29-24(18-13-21(26-14-18)25(30)28-19-11-12-19)22-20(16-7-3-1-4-8-16)15-27-23(22)17-9-5-2-6-10-17/h1-10,13-14,19,26H,11-12,15H2,(H,28,30). The molecule has 1 aliphatic carbocycles. The summed E-state index contributed by atoms with van der Waals surface area (Å²) in [5.74, 6) is -0.298. The minimum absolute atomic E-state index is 0.129. The third-order valence-electron chi connectivity index (χ3n) is 5.43. The van der Waals surface area contributed by atoms with Crippen LogP contribution < -0.4 is 5.32 Å². The second-order valence-electron chi connectivity index (χ2n) is 7.63. The first kappa shape index (κ1) is 18.3. The number of allylic oxidation sites excluding steroid dienone is 1. The lowest BCUT2D eigenvalue weighted by molar-refractivity contribution is 0.0946. The Morgan fingerprint density at radius 3 is 2.27 bits per heavy atom. The summed E-state index contributed by atoms with van der Waals surface area (Å²) in [7, 11) is 0. The van der Waals surface area contributed by atoms with Crippen molar-refractivity contribution in [2.75, 3.05) is 6.54 Å². The Hall–Kier alpha value is -3.73. The largest absolute Gasteiger partial charge is 0.356 e. The highest BCUT2D eigenvalue weighted by atomic mass is 16.2. The first-order valence-electron chi connectivity index (χ1n) is 10.1. The normalized spacial score (nSPS) is 15.8. The van der Waals surface area contributed by atoms with Gasteiger partial charge in [-0.15, -0.1) is 0 Å². The molecule has 2 N–H and O–H groups in total. The number of aromatic amines is 1. The van der Waals surface area contributed by atoms with Gasteiger partial charge in [-0.25, -0.2) is 0 Å². The van der Waals surface area contributed by atoms with Gasteiger partial charge in [0.2, 0.25) is 0 Å². The van der Waals surface area contributed by atoms with Gasteiger partial charge in [0.1, 0.15) is 5.69 Å². The average molecular weight is 395 g/mol. The summed E-state index contributed by atoms with van der Waals surface area (Å²) < 4.78 is 0. The highest BCUT2D eigenvalue weighted by Crippen LogP contribution is 2.31. The molecule has 5 nitrogen and oxygen atoms in total. The van der Waals surface area contributed by atoms with Gasteiger partial charge in [0.15, 0.2) is 5.78 Å². The van der Waals surface area contributed by atoms with E-state index >= 15 is 0 Å². The van der Waals surface area contributed by atoms with E-state index in [0.717, 1.165) is 29.5 Å². The summed E-state index contributed by atoms with van der Waals surface area (Å²) in [5.41, 5.74) is 4.97. The van der Waals surface area contributed by atoms with Gasteiger partial charge in [-0.05, 0) is 30.0 Å². The number of hydrogen-bond acceptors (Lipinski definition) is 3. The molecule has 3 aromatic rings. The molecule has 2 aromatic carbocycles. The fourth-order valence-corrected chi connectivity index (χ4v) is 3.70. The lowest BCUT2D eigenvalue weighted by atomic mass is 9.91. The maximum atomic E-state index is 13.6. The second kappa shape index (κ2) is 7.59. The number of hydrogen-bond donors (Lipinski definition) is 2. The molecule has 1 aromatic heterocycles. The van der Waals surface area contributed by atoms with Crippen LogP contribution in [0.25, 0.3) is 5.57 Å². The molecule has 0 bridgehead atoms. The molecular weight excluding hydrogens is 374 g/mol. The van der Waals surface area contributed by atoms with Gasteiger partial charge in [0.25, 0.3) is 5.91 Å². The number of H-pyrrole nitrogens is 1. The summed E-state index contributed by atoms with van der Waals surface area (Å²) in [6.07, 6.45) is 3.64. The SMILES string of the molecule is O=C(C1=C(c2ccccc2)CN=C1c1ccccc1)c1c[nH]c(C(=O)NC2CC2)c1. The van der Waals surface area contributed by atoms with Crippen molar-refractivity contribution in [2.45, 2.75) is 18.9 Å². The first-order valence-corrected chi connectivity index (χ1v) is 10.1. The van der Waals surface area contributed by atoms with Crippen molar-refractivity contribution in [3.63, 3.8) is 0 Å². The third-order valence-corrected chi connectivity index (χ3v) is 5.43. The van der Waals surface area contributed by atoms with Gasteiger partial charge in [-0.2, -0.15) is 0 Å². The highest BCUT2D eigenvalue weighted by molar-refractivity contribution is 6.38. The predicted molar refractivity (Wildman–Crippen MR) is 117 cm³/mol. The van der Waals surface area contributed by atoms with Crippen LogP contribution in [-0.4, -0.2) is 35.0 Å². The van der Waals surface area contributed by atoms with Crippen LogP contribution >= 0.6 is 0 Å². The number of ketones is 1. The zero-order valence-corrected chi connectivity index (χ0v) is 16.4. The highest BCUT2D eigenvalue weighted by Gasteiger charge is 2.30. The van der Waals surface area contributed by atoms with E-state index < -0.39 is 0 Å². The number of nitrogens with one attached hydrogen (secondary N) is 2. The molecule has 148 valence electrons. The van der Waals surface area contributed by atoms with E-state index in [-0.39, 0.29) is 17.7 Å². The average Bonchev–Trinajstić information content (AvgIpc) is 3.30. The van der Waals surface area contributed by atoms with Gasteiger partial charge >= 0.3 is 0 Å². The van der Waals surface area contributed by atoms with Crippen molar-refractivity contribution in [2.24, 2.45) is 4.99 Å². The lowest BCUT2D eigenvalue weighted by Gasteiger charge is -2.09. The van der Waals surface area contributed by atoms with E-state index in [1.165, 1.54) is 0 Å². The van der Waals surface area contributed by atoms with Gasteiger partial charge in [0, 0.05) is 23.4 Å². The van der Waals surface area contributed by atoms with Crippen LogP contribution in [0, 0.1) is 0 Å². The Kier molecular flexibility index (Phi) is 4.64. The molecule has 30 heavy (non-hydrogen) atoms. The first-order chi connectivity index (χ1) is 14.7. The molecule has 5 heteroatoms. The maximum Gasteiger partial charge on any atom is 0.267 e. The van der Waals surface area contributed by atoms with Crippen LogP contribution in [0.2, 0.25) is 0 Å². The smallest absolute Gasteiger partial charge is 0.267 e.